The Hall–Kier alpha value is -1.04. The fourth-order valence-corrected chi connectivity index (χ4v) is 6.00. The van der Waals surface area contributed by atoms with Crippen molar-refractivity contribution in [2.75, 3.05) is 5.75 Å². The van der Waals surface area contributed by atoms with E-state index in [1.165, 1.54) is 50.3 Å². The van der Waals surface area contributed by atoms with Crippen LogP contribution in [0.2, 0.25) is 0 Å². The van der Waals surface area contributed by atoms with Crippen LogP contribution in [-0.4, -0.2) is 27.4 Å². The zero-order valence-corrected chi connectivity index (χ0v) is 15.6. The lowest BCUT2D eigenvalue weighted by molar-refractivity contribution is -0.119. The van der Waals surface area contributed by atoms with Gasteiger partial charge in [-0.1, -0.05) is 11.8 Å². The van der Waals surface area contributed by atoms with E-state index in [1.807, 2.05) is 20.8 Å². The van der Waals surface area contributed by atoms with Gasteiger partial charge in [0.1, 0.15) is 0 Å². The summed E-state index contributed by atoms with van der Waals surface area (Å²) in [6, 6.07) is 0. The highest BCUT2D eigenvalue weighted by atomic mass is 32.2. The van der Waals surface area contributed by atoms with Gasteiger partial charge >= 0.3 is 0 Å². The second kappa shape index (κ2) is 5.75. The molecular formula is C18H27N3O2S. The molecule has 4 saturated carbocycles. The third kappa shape index (κ3) is 3.22. The van der Waals surface area contributed by atoms with E-state index in [2.05, 4.69) is 15.5 Å². The minimum atomic E-state index is -0.211. The number of aromatic nitrogens is 2. The molecule has 0 spiro atoms. The number of nitrogens with one attached hydrogen (secondary N) is 1. The number of amides is 1. The number of thioether (sulfide) groups is 1. The summed E-state index contributed by atoms with van der Waals surface area (Å²) in [4.78, 5) is 11.9. The Kier molecular flexibility index (Phi) is 3.94. The van der Waals surface area contributed by atoms with Crippen LogP contribution in [0.5, 0.6) is 0 Å². The van der Waals surface area contributed by atoms with E-state index in [0.29, 0.717) is 11.0 Å². The Balaban J connectivity index is 1.41. The first-order valence-corrected chi connectivity index (χ1v) is 10.1. The lowest BCUT2D eigenvalue weighted by atomic mass is 9.49. The molecule has 0 aromatic carbocycles. The van der Waals surface area contributed by atoms with Crippen molar-refractivity contribution in [3.05, 3.63) is 5.89 Å². The lowest BCUT2D eigenvalue weighted by Gasteiger charge is -2.55. The van der Waals surface area contributed by atoms with Crippen molar-refractivity contribution in [1.82, 2.24) is 15.5 Å². The predicted octanol–water partition coefficient (Wildman–Crippen LogP) is 3.54. The van der Waals surface area contributed by atoms with Crippen molar-refractivity contribution in [3.63, 3.8) is 0 Å². The molecule has 1 N–H and O–H groups in total. The zero-order valence-electron chi connectivity index (χ0n) is 14.8. The van der Waals surface area contributed by atoms with E-state index in [9.17, 15) is 4.79 Å². The van der Waals surface area contributed by atoms with E-state index in [0.717, 1.165) is 23.6 Å². The van der Waals surface area contributed by atoms with Gasteiger partial charge in [-0.3, -0.25) is 4.79 Å². The third-order valence-corrected chi connectivity index (χ3v) is 6.56. The minimum Gasteiger partial charge on any atom is -0.415 e. The standard InChI is InChI=1S/C18H27N3O2S/c1-17(2,3)19-14(22)10-24-16-21-20-15(23-16)18-7-11-4-12(8-18)6-13(5-11)9-18/h11-13H,4-10H2,1-3H3,(H,19,22). The maximum absolute atomic E-state index is 11.9. The van der Waals surface area contributed by atoms with Crippen molar-refractivity contribution >= 4 is 17.7 Å². The van der Waals surface area contributed by atoms with E-state index in [-0.39, 0.29) is 16.9 Å². The number of hydrogen-bond donors (Lipinski definition) is 1. The van der Waals surface area contributed by atoms with Crippen molar-refractivity contribution < 1.29 is 9.21 Å². The van der Waals surface area contributed by atoms with Gasteiger partial charge in [0.15, 0.2) is 0 Å². The Morgan fingerprint density at radius 1 is 1.17 bits per heavy atom. The summed E-state index contributed by atoms with van der Waals surface area (Å²) < 4.78 is 6.01. The van der Waals surface area contributed by atoms with Gasteiger partial charge in [-0.25, -0.2) is 0 Å². The van der Waals surface area contributed by atoms with Gasteiger partial charge in [-0.15, -0.1) is 10.2 Å². The molecule has 5 nitrogen and oxygen atoms in total. The molecule has 1 heterocycles. The van der Waals surface area contributed by atoms with Crippen LogP contribution < -0.4 is 5.32 Å². The fraction of sp³-hybridized carbons (Fsp3) is 0.833. The van der Waals surface area contributed by atoms with Crippen LogP contribution in [0.4, 0.5) is 0 Å². The highest BCUT2D eigenvalue weighted by Crippen LogP contribution is 2.60. The summed E-state index contributed by atoms with van der Waals surface area (Å²) in [6.07, 6.45) is 7.87. The molecule has 4 fully saturated rings. The molecule has 132 valence electrons. The van der Waals surface area contributed by atoms with Crippen LogP contribution in [0, 0.1) is 17.8 Å². The Morgan fingerprint density at radius 3 is 2.29 bits per heavy atom. The van der Waals surface area contributed by atoms with Crippen LogP contribution in [0.15, 0.2) is 9.64 Å². The topological polar surface area (TPSA) is 68.0 Å². The average Bonchev–Trinajstić information content (AvgIpc) is 2.91. The van der Waals surface area contributed by atoms with Crippen molar-refractivity contribution in [2.45, 2.75) is 75.5 Å². The zero-order chi connectivity index (χ0) is 16.9. The molecule has 6 heteroatoms. The number of carbonyl (C=O) groups excluding carboxylic acids is 1. The number of nitrogens with zero attached hydrogens (tertiary/aromatic N) is 2. The second-order valence-corrected chi connectivity index (χ2v) is 10.1. The molecule has 4 aliphatic carbocycles. The molecule has 5 rings (SSSR count). The monoisotopic (exact) mass is 349 g/mol. The first-order valence-electron chi connectivity index (χ1n) is 9.09. The number of rotatable bonds is 4. The summed E-state index contributed by atoms with van der Waals surface area (Å²) in [5.74, 6) is 3.73. The SMILES string of the molecule is CC(C)(C)NC(=O)CSc1nnc(C23CC4CC(CC(C4)C2)C3)o1. The first-order chi connectivity index (χ1) is 11.3. The molecule has 4 aliphatic rings. The van der Waals surface area contributed by atoms with Crippen molar-refractivity contribution in [1.29, 1.82) is 0 Å². The van der Waals surface area contributed by atoms with E-state index in [4.69, 9.17) is 4.42 Å². The van der Waals surface area contributed by atoms with Gasteiger partial charge in [-0.2, -0.15) is 0 Å². The van der Waals surface area contributed by atoms with Crippen LogP contribution in [0.25, 0.3) is 0 Å². The smallest absolute Gasteiger partial charge is 0.277 e. The molecule has 0 atom stereocenters. The maximum atomic E-state index is 11.9. The molecule has 4 bridgehead atoms. The van der Waals surface area contributed by atoms with Gasteiger partial charge in [0, 0.05) is 11.0 Å². The molecule has 0 radical (unpaired) electrons. The molecule has 1 aromatic heterocycles. The predicted molar refractivity (Wildman–Crippen MR) is 92.8 cm³/mol. The largest absolute Gasteiger partial charge is 0.415 e. The molecule has 24 heavy (non-hydrogen) atoms. The summed E-state index contributed by atoms with van der Waals surface area (Å²) in [6.45, 7) is 5.94. The average molecular weight is 350 g/mol. The third-order valence-electron chi connectivity index (χ3n) is 5.74. The summed E-state index contributed by atoms with van der Waals surface area (Å²) in [5, 5.41) is 12.1. The Bertz CT molecular complexity index is 599. The molecule has 1 aromatic rings. The van der Waals surface area contributed by atoms with Gasteiger partial charge in [0.05, 0.1) is 5.75 Å². The normalized spacial score (nSPS) is 34.5. The number of hydrogen-bond acceptors (Lipinski definition) is 5. The van der Waals surface area contributed by atoms with Gasteiger partial charge in [0.2, 0.25) is 11.8 Å². The van der Waals surface area contributed by atoms with Crippen LogP contribution in [0.3, 0.4) is 0 Å². The molecule has 0 saturated heterocycles. The fourth-order valence-electron chi connectivity index (χ4n) is 5.44. The van der Waals surface area contributed by atoms with Crippen molar-refractivity contribution in [3.8, 4) is 0 Å². The molecule has 1 amide bonds. The summed E-state index contributed by atoms with van der Waals surface area (Å²) in [7, 11) is 0. The van der Waals surface area contributed by atoms with Crippen LogP contribution >= 0.6 is 11.8 Å². The Labute approximate surface area is 147 Å². The Morgan fingerprint density at radius 2 is 1.75 bits per heavy atom. The van der Waals surface area contributed by atoms with Crippen molar-refractivity contribution in [2.24, 2.45) is 17.8 Å². The summed E-state index contributed by atoms with van der Waals surface area (Å²) in [5.41, 5.74) is -0.0783. The molecule has 0 unspecified atom stereocenters. The number of carbonyl (C=O) groups is 1. The highest BCUT2D eigenvalue weighted by Gasteiger charge is 2.54. The van der Waals surface area contributed by atoms with Gasteiger partial charge < -0.3 is 9.73 Å². The van der Waals surface area contributed by atoms with Crippen LogP contribution in [0.1, 0.15) is 65.2 Å². The first kappa shape index (κ1) is 16.4. The maximum Gasteiger partial charge on any atom is 0.277 e. The second-order valence-electron chi connectivity index (χ2n) is 9.16. The van der Waals surface area contributed by atoms with E-state index >= 15 is 0 Å². The van der Waals surface area contributed by atoms with Crippen LogP contribution in [-0.2, 0) is 10.2 Å². The lowest BCUT2D eigenvalue weighted by Crippen LogP contribution is -2.48. The van der Waals surface area contributed by atoms with E-state index < -0.39 is 0 Å². The summed E-state index contributed by atoms with van der Waals surface area (Å²) >= 11 is 1.34. The molecule has 0 aliphatic heterocycles. The minimum absolute atomic E-state index is 0.00190. The quantitative estimate of drug-likeness (QED) is 0.842. The highest BCUT2D eigenvalue weighted by molar-refractivity contribution is 7.99. The van der Waals surface area contributed by atoms with Gasteiger partial charge in [0.25, 0.3) is 5.22 Å². The van der Waals surface area contributed by atoms with Gasteiger partial charge in [-0.05, 0) is 77.0 Å². The van der Waals surface area contributed by atoms with E-state index in [1.54, 1.807) is 0 Å². The molecular weight excluding hydrogens is 322 g/mol.